The van der Waals surface area contributed by atoms with Crippen molar-refractivity contribution in [3.8, 4) is 10.7 Å². The van der Waals surface area contributed by atoms with E-state index in [0.717, 1.165) is 35.7 Å². The highest BCUT2D eigenvalue weighted by molar-refractivity contribution is 7.15. The highest BCUT2D eigenvalue weighted by Gasteiger charge is 2.16. The molecule has 0 atom stereocenters. The summed E-state index contributed by atoms with van der Waals surface area (Å²) in [5.74, 6) is 0. The lowest BCUT2D eigenvalue weighted by molar-refractivity contribution is 0.644. The maximum absolute atomic E-state index is 4.78. The second kappa shape index (κ2) is 4.65. The van der Waals surface area contributed by atoms with Crippen LogP contribution in [0, 0.1) is 6.92 Å². The topological polar surface area (TPSA) is 37.8 Å². The van der Waals surface area contributed by atoms with Gasteiger partial charge in [-0.05, 0) is 24.6 Å². The molecule has 3 heterocycles. The normalized spacial score (nSPS) is 14.4. The van der Waals surface area contributed by atoms with Gasteiger partial charge in [0.05, 0.1) is 16.9 Å². The standard InChI is InChI=1S/C16H15N3S/c1-10-8-14(18-12-5-3-2-4-11(10)12)16-19-13-6-7-17-9-15(13)20-16/h2-5,8,17H,6-7,9H2,1H3. The van der Waals surface area contributed by atoms with E-state index in [9.17, 15) is 0 Å². The predicted molar refractivity (Wildman–Crippen MR) is 83.0 cm³/mol. The Labute approximate surface area is 121 Å². The second-order valence-corrected chi connectivity index (χ2v) is 6.24. The molecule has 100 valence electrons. The van der Waals surface area contributed by atoms with Gasteiger partial charge < -0.3 is 5.32 Å². The van der Waals surface area contributed by atoms with Crippen LogP contribution in [0.1, 0.15) is 16.1 Å². The van der Waals surface area contributed by atoms with E-state index in [1.165, 1.54) is 21.5 Å². The average Bonchev–Trinajstić information content (AvgIpc) is 2.91. The number of nitrogens with one attached hydrogen (secondary N) is 1. The van der Waals surface area contributed by atoms with Crippen LogP contribution >= 0.6 is 11.3 Å². The fourth-order valence-electron chi connectivity index (χ4n) is 2.69. The van der Waals surface area contributed by atoms with Gasteiger partial charge in [-0.1, -0.05) is 18.2 Å². The molecule has 3 nitrogen and oxygen atoms in total. The number of rotatable bonds is 1. The number of nitrogens with zero attached hydrogens (tertiary/aromatic N) is 2. The Bertz CT molecular complexity index is 768. The van der Waals surface area contributed by atoms with Gasteiger partial charge in [-0.15, -0.1) is 11.3 Å². The molecule has 1 aromatic carbocycles. The molecule has 0 amide bonds. The zero-order valence-electron chi connectivity index (χ0n) is 11.3. The zero-order chi connectivity index (χ0) is 13.5. The summed E-state index contributed by atoms with van der Waals surface area (Å²) < 4.78 is 0. The molecule has 0 spiro atoms. The summed E-state index contributed by atoms with van der Waals surface area (Å²) in [5.41, 5.74) is 4.56. The Morgan fingerprint density at radius 2 is 2.10 bits per heavy atom. The van der Waals surface area contributed by atoms with Gasteiger partial charge in [-0.2, -0.15) is 0 Å². The average molecular weight is 281 g/mol. The highest BCUT2D eigenvalue weighted by atomic mass is 32.1. The second-order valence-electron chi connectivity index (χ2n) is 5.16. The van der Waals surface area contributed by atoms with Gasteiger partial charge in [0.15, 0.2) is 0 Å². The Kier molecular flexibility index (Phi) is 2.79. The van der Waals surface area contributed by atoms with Crippen LogP contribution in [0.25, 0.3) is 21.6 Å². The number of para-hydroxylation sites is 1. The molecule has 0 aliphatic carbocycles. The SMILES string of the molecule is Cc1cc(-c2nc3c(s2)CNCC3)nc2ccccc12. The lowest BCUT2D eigenvalue weighted by atomic mass is 10.1. The predicted octanol–water partition coefficient (Wildman–Crippen LogP) is 3.31. The van der Waals surface area contributed by atoms with E-state index in [0.29, 0.717) is 0 Å². The lowest BCUT2D eigenvalue weighted by Crippen LogP contribution is -2.22. The molecule has 3 aromatic rings. The van der Waals surface area contributed by atoms with Crippen LogP contribution in [-0.4, -0.2) is 16.5 Å². The summed E-state index contributed by atoms with van der Waals surface area (Å²) in [7, 11) is 0. The maximum atomic E-state index is 4.78. The molecule has 0 radical (unpaired) electrons. The van der Waals surface area contributed by atoms with Gasteiger partial charge >= 0.3 is 0 Å². The number of fused-ring (bicyclic) bond motifs is 2. The number of pyridine rings is 1. The first-order valence-corrected chi connectivity index (χ1v) is 7.69. The number of benzene rings is 1. The van der Waals surface area contributed by atoms with Crippen molar-refractivity contribution in [3.05, 3.63) is 46.5 Å². The first-order valence-electron chi connectivity index (χ1n) is 6.87. The molecule has 4 heteroatoms. The summed E-state index contributed by atoms with van der Waals surface area (Å²) in [6.07, 6.45) is 1.03. The minimum atomic E-state index is 0.944. The van der Waals surface area contributed by atoms with Crippen molar-refractivity contribution in [1.29, 1.82) is 0 Å². The molecule has 0 saturated carbocycles. The third-order valence-corrected chi connectivity index (χ3v) is 4.86. The Balaban J connectivity index is 1.87. The van der Waals surface area contributed by atoms with E-state index in [4.69, 9.17) is 9.97 Å². The minimum Gasteiger partial charge on any atom is -0.311 e. The molecule has 4 rings (SSSR count). The lowest BCUT2D eigenvalue weighted by Gasteiger charge is -2.09. The summed E-state index contributed by atoms with van der Waals surface area (Å²) in [5, 5.41) is 5.67. The van der Waals surface area contributed by atoms with Gasteiger partial charge in [0.2, 0.25) is 0 Å². The van der Waals surface area contributed by atoms with E-state index in [-0.39, 0.29) is 0 Å². The van der Waals surface area contributed by atoms with Gasteiger partial charge in [0, 0.05) is 29.8 Å². The van der Waals surface area contributed by atoms with Crippen molar-refractivity contribution in [2.75, 3.05) is 6.54 Å². The van der Waals surface area contributed by atoms with E-state index >= 15 is 0 Å². The minimum absolute atomic E-state index is 0.944. The van der Waals surface area contributed by atoms with Crippen molar-refractivity contribution in [3.63, 3.8) is 0 Å². The number of aromatic nitrogens is 2. The quantitative estimate of drug-likeness (QED) is 0.743. The maximum Gasteiger partial charge on any atom is 0.142 e. The molecule has 20 heavy (non-hydrogen) atoms. The fraction of sp³-hybridized carbons (Fsp3) is 0.250. The molecule has 0 saturated heterocycles. The van der Waals surface area contributed by atoms with Crippen LogP contribution in [0.3, 0.4) is 0 Å². The third-order valence-electron chi connectivity index (χ3n) is 3.74. The molecule has 1 N–H and O–H groups in total. The largest absolute Gasteiger partial charge is 0.311 e. The molecule has 1 aliphatic rings. The van der Waals surface area contributed by atoms with Crippen LogP contribution in [0.5, 0.6) is 0 Å². The Morgan fingerprint density at radius 3 is 3.00 bits per heavy atom. The summed E-state index contributed by atoms with van der Waals surface area (Å²) in [4.78, 5) is 10.9. The van der Waals surface area contributed by atoms with Crippen molar-refractivity contribution < 1.29 is 0 Å². The van der Waals surface area contributed by atoms with E-state index in [2.05, 4.69) is 36.5 Å². The van der Waals surface area contributed by atoms with E-state index in [1.54, 1.807) is 11.3 Å². The van der Waals surface area contributed by atoms with Crippen LogP contribution in [0.4, 0.5) is 0 Å². The summed E-state index contributed by atoms with van der Waals surface area (Å²) in [6, 6.07) is 10.4. The molecular formula is C16H15N3S. The zero-order valence-corrected chi connectivity index (χ0v) is 12.1. The molecule has 2 aromatic heterocycles. The molecule has 0 fully saturated rings. The molecular weight excluding hydrogens is 266 g/mol. The van der Waals surface area contributed by atoms with Crippen LogP contribution in [0.2, 0.25) is 0 Å². The van der Waals surface area contributed by atoms with Crippen LogP contribution in [0.15, 0.2) is 30.3 Å². The summed E-state index contributed by atoms with van der Waals surface area (Å²) in [6.45, 7) is 4.11. The number of aryl methyl sites for hydroxylation is 1. The van der Waals surface area contributed by atoms with Gasteiger partial charge in [0.1, 0.15) is 5.01 Å². The first-order chi connectivity index (χ1) is 9.81. The first kappa shape index (κ1) is 12.0. The third kappa shape index (κ3) is 1.92. The number of hydrogen-bond donors (Lipinski definition) is 1. The monoisotopic (exact) mass is 281 g/mol. The fourth-order valence-corrected chi connectivity index (χ4v) is 3.73. The van der Waals surface area contributed by atoms with Gasteiger partial charge in [0.25, 0.3) is 0 Å². The van der Waals surface area contributed by atoms with E-state index in [1.807, 2.05) is 6.07 Å². The number of hydrogen-bond acceptors (Lipinski definition) is 4. The molecule has 0 unspecified atom stereocenters. The van der Waals surface area contributed by atoms with Crippen LogP contribution < -0.4 is 5.32 Å². The van der Waals surface area contributed by atoms with Gasteiger partial charge in [-0.3, -0.25) is 0 Å². The van der Waals surface area contributed by atoms with Crippen molar-refractivity contribution in [2.45, 2.75) is 19.9 Å². The Morgan fingerprint density at radius 1 is 1.20 bits per heavy atom. The summed E-state index contributed by atoms with van der Waals surface area (Å²) >= 11 is 1.77. The smallest absolute Gasteiger partial charge is 0.142 e. The van der Waals surface area contributed by atoms with E-state index < -0.39 is 0 Å². The van der Waals surface area contributed by atoms with Crippen molar-refractivity contribution >= 4 is 22.2 Å². The van der Waals surface area contributed by atoms with Crippen molar-refractivity contribution in [1.82, 2.24) is 15.3 Å². The van der Waals surface area contributed by atoms with Crippen molar-refractivity contribution in [2.24, 2.45) is 0 Å². The number of thiazole rings is 1. The highest BCUT2D eigenvalue weighted by Crippen LogP contribution is 2.30. The molecule has 0 bridgehead atoms. The van der Waals surface area contributed by atoms with Gasteiger partial charge in [-0.25, -0.2) is 9.97 Å². The molecule has 1 aliphatic heterocycles. The Hall–Kier alpha value is -1.78. The van der Waals surface area contributed by atoms with Crippen LogP contribution in [-0.2, 0) is 13.0 Å².